The summed E-state index contributed by atoms with van der Waals surface area (Å²) < 4.78 is 0. The van der Waals surface area contributed by atoms with Crippen LogP contribution in [-0.4, -0.2) is 21.9 Å². The number of nitrogens with zero attached hydrogens (tertiary/aromatic N) is 2. The molecule has 1 aliphatic rings. The van der Waals surface area contributed by atoms with E-state index in [9.17, 15) is 0 Å². The van der Waals surface area contributed by atoms with Gasteiger partial charge in [0.05, 0.1) is 11.6 Å². The van der Waals surface area contributed by atoms with Crippen LogP contribution in [0.15, 0.2) is 41.5 Å². The molecule has 0 saturated heterocycles. The number of rotatable bonds is 2. The Labute approximate surface area is 117 Å². The molecule has 4 heteroatoms. The lowest BCUT2D eigenvalue weighted by atomic mass is 10.2. The molecule has 0 amide bonds. The van der Waals surface area contributed by atoms with Gasteiger partial charge in [-0.3, -0.25) is 9.98 Å². The summed E-state index contributed by atoms with van der Waals surface area (Å²) in [5.74, 6) is 1.15. The molecular weight excluding hydrogens is 254 g/mol. The Morgan fingerprint density at radius 1 is 1.32 bits per heavy atom. The van der Waals surface area contributed by atoms with Gasteiger partial charge in [0.1, 0.15) is 0 Å². The van der Waals surface area contributed by atoms with Gasteiger partial charge in [-0.25, -0.2) is 0 Å². The molecule has 3 rings (SSSR count). The van der Waals surface area contributed by atoms with Gasteiger partial charge in [-0.1, -0.05) is 24.8 Å². The molecule has 0 spiro atoms. The Morgan fingerprint density at radius 2 is 2.26 bits per heavy atom. The monoisotopic (exact) mass is 271 g/mol. The first-order valence-electron chi connectivity index (χ1n) is 6.68. The van der Waals surface area contributed by atoms with E-state index in [1.807, 2.05) is 24.4 Å². The van der Waals surface area contributed by atoms with Gasteiger partial charge in [-0.05, 0) is 37.1 Å². The summed E-state index contributed by atoms with van der Waals surface area (Å²) in [5.41, 5.74) is 2.11. The maximum atomic E-state index is 4.75. The number of pyridine rings is 1. The van der Waals surface area contributed by atoms with E-state index in [-0.39, 0.29) is 0 Å². The predicted molar refractivity (Wildman–Crippen MR) is 84.0 cm³/mol. The van der Waals surface area contributed by atoms with E-state index in [0.717, 1.165) is 33.9 Å². The predicted octanol–water partition coefficient (Wildman–Crippen LogP) is 3.92. The van der Waals surface area contributed by atoms with Crippen LogP contribution in [0.1, 0.15) is 19.8 Å². The van der Waals surface area contributed by atoms with Crippen molar-refractivity contribution in [3.63, 3.8) is 0 Å². The Balaban J connectivity index is 1.91. The molecule has 1 atom stereocenters. The third-order valence-corrected chi connectivity index (χ3v) is 4.27. The van der Waals surface area contributed by atoms with E-state index < -0.39 is 0 Å². The van der Waals surface area contributed by atoms with E-state index in [1.54, 1.807) is 11.8 Å². The van der Waals surface area contributed by atoms with Crippen molar-refractivity contribution in [1.82, 2.24) is 4.98 Å². The van der Waals surface area contributed by atoms with E-state index in [4.69, 9.17) is 4.99 Å². The average molecular weight is 271 g/mol. The molecular formula is C15H17N3S. The van der Waals surface area contributed by atoms with Gasteiger partial charge in [-0.15, -0.1) is 0 Å². The minimum Gasteiger partial charge on any atom is -0.334 e. The van der Waals surface area contributed by atoms with Gasteiger partial charge >= 0.3 is 0 Å². The topological polar surface area (TPSA) is 37.3 Å². The molecule has 2 heterocycles. The number of nitrogens with one attached hydrogen (secondary N) is 1. The molecule has 98 valence electrons. The highest BCUT2D eigenvalue weighted by atomic mass is 32.2. The largest absolute Gasteiger partial charge is 0.334 e. The summed E-state index contributed by atoms with van der Waals surface area (Å²) in [6.45, 7) is 2.20. The zero-order chi connectivity index (χ0) is 13.1. The zero-order valence-electron chi connectivity index (χ0n) is 11.0. The summed E-state index contributed by atoms with van der Waals surface area (Å²) in [7, 11) is 0. The summed E-state index contributed by atoms with van der Waals surface area (Å²) in [6.07, 6.45) is 4.12. The summed E-state index contributed by atoms with van der Waals surface area (Å²) >= 11 is 1.80. The summed E-state index contributed by atoms with van der Waals surface area (Å²) in [6, 6.07) is 10.7. The van der Waals surface area contributed by atoms with Crippen LogP contribution in [0.4, 0.5) is 5.69 Å². The van der Waals surface area contributed by atoms with E-state index >= 15 is 0 Å². The van der Waals surface area contributed by atoms with E-state index in [0.29, 0.717) is 6.04 Å². The SMILES string of the molecule is CCC1CCSC(Nc2cccc3ncccc23)=N1. The quantitative estimate of drug-likeness (QED) is 0.899. The van der Waals surface area contributed by atoms with Crippen molar-refractivity contribution >= 4 is 33.5 Å². The Bertz CT molecular complexity index is 604. The fourth-order valence-electron chi connectivity index (χ4n) is 2.25. The zero-order valence-corrected chi connectivity index (χ0v) is 11.8. The molecule has 0 radical (unpaired) electrons. The Morgan fingerprint density at radius 3 is 3.16 bits per heavy atom. The van der Waals surface area contributed by atoms with Gasteiger partial charge in [0.25, 0.3) is 0 Å². The number of thioether (sulfide) groups is 1. The number of aromatic nitrogens is 1. The molecule has 3 nitrogen and oxygen atoms in total. The number of anilines is 1. The third-order valence-electron chi connectivity index (χ3n) is 3.35. The smallest absolute Gasteiger partial charge is 0.161 e. The van der Waals surface area contributed by atoms with Gasteiger partial charge in [0.2, 0.25) is 0 Å². The number of benzene rings is 1. The lowest BCUT2D eigenvalue weighted by molar-refractivity contribution is 0.634. The molecule has 0 bridgehead atoms. The molecule has 1 unspecified atom stereocenters. The highest BCUT2D eigenvalue weighted by Crippen LogP contribution is 2.25. The lowest BCUT2D eigenvalue weighted by Crippen LogP contribution is -2.19. The second kappa shape index (κ2) is 5.61. The summed E-state index contributed by atoms with van der Waals surface area (Å²) in [4.78, 5) is 9.13. The van der Waals surface area contributed by atoms with Crippen LogP contribution in [0.5, 0.6) is 0 Å². The van der Waals surface area contributed by atoms with Gasteiger partial charge in [0, 0.05) is 23.0 Å². The van der Waals surface area contributed by atoms with Gasteiger partial charge in [-0.2, -0.15) is 0 Å². The van der Waals surface area contributed by atoms with Crippen LogP contribution in [0.3, 0.4) is 0 Å². The molecule has 1 aliphatic heterocycles. The van der Waals surface area contributed by atoms with Gasteiger partial charge < -0.3 is 5.32 Å². The molecule has 1 aromatic carbocycles. The number of hydrogen-bond acceptors (Lipinski definition) is 4. The number of hydrogen-bond donors (Lipinski definition) is 1. The minimum absolute atomic E-state index is 0.469. The fourth-order valence-corrected chi connectivity index (χ4v) is 3.24. The van der Waals surface area contributed by atoms with E-state index in [2.05, 4.69) is 29.4 Å². The molecule has 2 aromatic rings. The van der Waals surface area contributed by atoms with Crippen LogP contribution in [0.25, 0.3) is 10.9 Å². The number of fused-ring (bicyclic) bond motifs is 1. The molecule has 19 heavy (non-hydrogen) atoms. The van der Waals surface area contributed by atoms with Crippen molar-refractivity contribution < 1.29 is 0 Å². The van der Waals surface area contributed by atoms with Crippen LogP contribution in [0.2, 0.25) is 0 Å². The first-order valence-corrected chi connectivity index (χ1v) is 7.66. The average Bonchev–Trinajstić information content (AvgIpc) is 2.48. The highest BCUT2D eigenvalue weighted by Gasteiger charge is 2.14. The van der Waals surface area contributed by atoms with Crippen molar-refractivity contribution in [2.75, 3.05) is 11.1 Å². The standard InChI is InChI=1S/C15H17N3S/c1-2-11-8-10-19-15(17-11)18-14-7-3-6-13-12(14)5-4-9-16-13/h3-7,9,11H,2,8,10H2,1H3,(H,17,18). The van der Waals surface area contributed by atoms with Crippen LogP contribution < -0.4 is 5.32 Å². The van der Waals surface area contributed by atoms with Crippen molar-refractivity contribution in [3.05, 3.63) is 36.5 Å². The first kappa shape index (κ1) is 12.5. The first-order chi connectivity index (χ1) is 9.36. The molecule has 0 fully saturated rings. The maximum absolute atomic E-state index is 4.75. The minimum atomic E-state index is 0.469. The van der Waals surface area contributed by atoms with E-state index in [1.165, 1.54) is 6.42 Å². The lowest BCUT2D eigenvalue weighted by Gasteiger charge is -2.20. The van der Waals surface area contributed by atoms with Crippen molar-refractivity contribution in [2.24, 2.45) is 4.99 Å². The third kappa shape index (κ3) is 2.73. The fraction of sp³-hybridized carbons (Fsp3) is 0.333. The van der Waals surface area contributed by atoms with Gasteiger partial charge in [0.15, 0.2) is 5.17 Å². The molecule has 0 saturated carbocycles. The summed E-state index contributed by atoms with van der Waals surface area (Å²) in [5, 5.41) is 5.64. The number of amidine groups is 1. The second-order valence-corrected chi connectivity index (χ2v) is 5.72. The van der Waals surface area contributed by atoms with Crippen molar-refractivity contribution in [2.45, 2.75) is 25.8 Å². The maximum Gasteiger partial charge on any atom is 0.161 e. The van der Waals surface area contributed by atoms with Crippen LogP contribution in [-0.2, 0) is 0 Å². The van der Waals surface area contributed by atoms with Crippen molar-refractivity contribution in [3.8, 4) is 0 Å². The molecule has 1 N–H and O–H groups in total. The van der Waals surface area contributed by atoms with Crippen LogP contribution in [0, 0.1) is 0 Å². The highest BCUT2D eigenvalue weighted by molar-refractivity contribution is 8.14. The molecule has 0 aliphatic carbocycles. The Kier molecular flexibility index (Phi) is 3.69. The molecule has 1 aromatic heterocycles. The van der Waals surface area contributed by atoms with Crippen molar-refractivity contribution in [1.29, 1.82) is 0 Å². The second-order valence-electron chi connectivity index (χ2n) is 4.63. The van der Waals surface area contributed by atoms with Crippen LogP contribution >= 0.6 is 11.8 Å². The number of aliphatic imine (C=N–C) groups is 1. The Hall–Kier alpha value is -1.55. The normalized spacial score (nSPS) is 19.2.